The molecule has 0 radical (unpaired) electrons. The Kier molecular flexibility index (Phi) is 5.42. The zero-order chi connectivity index (χ0) is 12.8. The molecule has 2 heterocycles. The van der Waals surface area contributed by atoms with Crippen LogP contribution in [-0.4, -0.2) is 62.5 Å². The molecule has 106 valence electrons. The first-order chi connectivity index (χ1) is 8.78. The fraction of sp³-hybridized carbons (Fsp3) is 1.00. The van der Waals surface area contributed by atoms with E-state index in [1.54, 1.807) is 0 Å². The van der Waals surface area contributed by atoms with E-state index in [9.17, 15) is 0 Å². The fourth-order valence-corrected chi connectivity index (χ4v) is 3.03. The maximum absolute atomic E-state index is 5.95. The normalized spacial score (nSPS) is 32.5. The summed E-state index contributed by atoms with van der Waals surface area (Å²) >= 11 is 0. The second-order valence-electron chi connectivity index (χ2n) is 5.50. The molecule has 2 saturated heterocycles. The maximum atomic E-state index is 5.95. The largest absolute Gasteiger partial charge is 0.378 e. The molecule has 2 fully saturated rings. The Morgan fingerprint density at radius 1 is 1.28 bits per heavy atom. The van der Waals surface area contributed by atoms with Crippen molar-refractivity contribution in [2.24, 2.45) is 0 Å². The van der Waals surface area contributed by atoms with Crippen LogP contribution in [0.1, 0.15) is 33.1 Å². The smallest absolute Gasteiger partial charge is 0.0951 e. The summed E-state index contributed by atoms with van der Waals surface area (Å²) in [5.41, 5.74) is 0.0329. The average Bonchev–Trinajstić information content (AvgIpc) is 2.83. The van der Waals surface area contributed by atoms with Crippen LogP contribution in [0.2, 0.25) is 0 Å². The first-order valence-corrected chi connectivity index (χ1v) is 7.45. The van der Waals surface area contributed by atoms with Gasteiger partial charge in [0, 0.05) is 38.8 Å². The molecule has 0 aromatic heterocycles. The summed E-state index contributed by atoms with van der Waals surface area (Å²) in [4.78, 5) is 2.46. The van der Waals surface area contributed by atoms with E-state index >= 15 is 0 Å². The van der Waals surface area contributed by atoms with Crippen molar-refractivity contribution < 1.29 is 9.47 Å². The average molecular weight is 256 g/mol. The molecule has 1 N–H and O–H groups in total. The summed E-state index contributed by atoms with van der Waals surface area (Å²) in [6.07, 6.45) is 3.33. The lowest BCUT2D eigenvalue weighted by Crippen LogP contribution is -2.48. The molecule has 0 amide bonds. The minimum absolute atomic E-state index is 0.0329. The van der Waals surface area contributed by atoms with Gasteiger partial charge in [-0.25, -0.2) is 0 Å². The Balaban J connectivity index is 1.69. The molecule has 0 saturated carbocycles. The number of nitrogens with zero attached hydrogens (tertiary/aromatic N) is 1. The molecule has 2 aliphatic rings. The molecule has 0 aromatic rings. The maximum Gasteiger partial charge on any atom is 0.0951 e. The predicted molar refractivity (Wildman–Crippen MR) is 72.9 cm³/mol. The number of rotatable bonds is 6. The van der Waals surface area contributed by atoms with Gasteiger partial charge in [-0.1, -0.05) is 13.8 Å². The first-order valence-electron chi connectivity index (χ1n) is 7.45. The van der Waals surface area contributed by atoms with Crippen LogP contribution in [-0.2, 0) is 9.47 Å². The Morgan fingerprint density at radius 3 is 2.78 bits per heavy atom. The molecular weight excluding hydrogens is 228 g/mol. The standard InChI is InChI=1S/C14H28N2O2/c1-3-16(4-2)8-7-15-13-5-9-18-14(11-13)6-10-17-12-14/h13,15H,3-12H2,1-2H3. The lowest BCUT2D eigenvalue weighted by molar-refractivity contribution is -0.0893. The molecule has 4 heteroatoms. The van der Waals surface area contributed by atoms with Crippen LogP contribution >= 0.6 is 0 Å². The number of ether oxygens (including phenoxy) is 2. The van der Waals surface area contributed by atoms with Gasteiger partial charge in [0.05, 0.1) is 12.2 Å². The van der Waals surface area contributed by atoms with Gasteiger partial charge in [0.25, 0.3) is 0 Å². The topological polar surface area (TPSA) is 33.7 Å². The molecule has 0 bridgehead atoms. The second kappa shape index (κ2) is 6.85. The minimum atomic E-state index is 0.0329. The highest BCUT2D eigenvalue weighted by atomic mass is 16.6. The van der Waals surface area contributed by atoms with Gasteiger partial charge >= 0.3 is 0 Å². The van der Waals surface area contributed by atoms with Gasteiger partial charge in [0.1, 0.15) is 0 Å². The molecular formula is C14H28N2O2. The van der Waals surface area contributed by atoms with Crippen molar-refractivity contribution in [1.29, 1.82) is 0 Å². The Bertz CT molecular complexity index is 238. The molecule has 2 unspecified atom stereocenters. The number of nitrogens with one attached hydrogen (secondary N) is 1. The van der Waals surface area contributed by atoms with E-state index in [1.165, 1.54) is 0 Å². The number of likely N-dealkylation sites (N-methyl/N-ethyl adjacent to an activating group) is 1. The quantitative estimate of drug-likeness (QED) is 0.775. The van der Waals surface area contributed by atoms with E-state index in [0.717, 1.165) is 65.3 Å². The molecule has 18 heavy (non-hydrogen) atoms. The highest BCUT2D eigenvalue weighted by molar-refractivity contribution is 4.92. The fourth-order valence-electron chi connectivity index (χ4n) is 3.03. The van der Waals surface area contributed by atoms with Crippen molar-refractivity contribution in [2.45, 2.75) is 44.8 Å². The monoisotopic (exact) mass is 256 g/mol. The van der Waals surface area contributed by atoms with Crippen molar-refractivity contribution in [2.75, 3.05) is 46.0 Å². The van der Waals surface area contributed by atoms with Crippen LogP contribution in [0.25, 0.3) is 0 Å². The summed E-state index contributed by atoms with van der Waals surface area (Å²) in [6, 6.07) is 0.607. The third-order valence-electron chi connectivity index (χ3n) is 4.32. The molecule has 2 aliphatic heterocycles. The molecule has 0 aliphatic carbocycles. The highest BCUT2D eigenvalue weighted by Gasteiger charge is 2.40. The van der Waals surface area contributed by atoms with Crippen molar-refractivity contribution >= 4 is 0 Å². The number of hydrogen-bond acceptors (Lipinski definition) is 4. The third kappa shape index (κ3) is 3.67. The van der Waals surface area contributed by atoms with Crippen molar-refractivity contribution in [3.63, 3.8) is 0 Å². The summed E-state index contributed by atoms with van der Waals surface area (Å²) in [7, 11) is 0. The van der Waals surface area contributed by atoms with E-state index < -0.39 is 0 Å². The highest BCUT2D eigenvalue weighted by Crippen LogP contribution is 2.32. The van der Waals surface area contributed by atoms with Gasteiger partial charge in [0.15, 0.2) is 0 Å². The lowest BCUT2D eigenvalue weighted by atomic mass is 9.90. The Labute approximate surface area is 111 Å². The van der Waals surface area contributed by atoms with Gasteiger partial charge in [-0.15, -0.1) is 0 Å². The van der Waals surface area contributed by atoms with Crippen LogP contribution < -0.4 is 5.32 Å². The van der Waals surface area contributed by atoms with E-state index in [4.69, 9.17) is 9.47 Å². The van der Waals surface area contributed by atoms with E-state index in [-0.39, 0.29) is 5.60 Å². The molecule has 1 spiro atoms. The zero-order valence-corrected chi connectivity index (χ0v) is 11.9. The second-order valence-corrected chi connectivity index (χ2v) is 5.50. The summed E-state index contributed by atoms with van der Waals surface area (Å²) in [5.74, 6) is 0. The van der Waals surface area contributed by atoms with Gasteiger partial charge in [-0.2, -0.15) is 0 Å². The SMILES string of the molecule is CCN(CC)CCNC1CCOC2(CCOC2)C1. The van der Waals surface area contributed by atoms with Crippen LogP contribution in [0.5, 0.6) is 0 Å². The van der Waals surface area contributed by atoms with Gasteiger partial charge in [-0.3, -0.25) is 0 Å². The van der Waals surface area contributed by atoms with Gasteiger partial charge in [-0.05, 0) is 25.9 Å². The van der Waals surface area contributed by atoms with Crippen LogP contribution in [0, 0.1) is 0 Å². The molecule has 2 atom stereocenters. The molecule has 4 nitrogen and oxygen atoms in total. The third-order valence-corrected chi connectivity index (χ3v) is 4.32. The summed E-state index contributed by atoms with van der Waals surface area (Å²) in [6.45, 7) is 11.5. The van der Waals surface area contributed by atoms with Crippen molar-refractivity contribution in [3.05, 3.63) is 0 Å². The van der Waals surface area contributed by atoms with Gasteiger partial charge < -0.3 is 19.7 Å². The van der Waals surface area contributed by atoms with Crippen LogP contribution in [0.4, 0.5) is 0 Å². The van der Waals surface area contributed by atoms with Crippen LogP contribution in [0.3, 0.4) is 0 Å². The van der Waals surface area contributed by atoms with Crippen molar-refractivity contribution in [3.8, 4) is 0 Å². The summed E-state index contributed by atoms with van der Waals surface area (Å²) in [5, 5.41) is 3.69. The lowest BCUT2D eigenvalue weighted by Gasteiger charge is -2.37. The van der Waals surface area contributed by atoms with Gasteiger partial charge in [0.2, 0.25) is 0 Å². The van der Waals surface area contributed by atoms with Crippen molar-refractivity contribution in [1.82, 2.24) is 10.2 Å². The Hall–Kier alpha value is -0.160. The van der Waals surface area contributed by atoms with Crippen LogP contribution in [0.15, 0.2) is 0 Å². The zero-order valence-electron chi connectivity index (χ0n) is 11.9. The Morgan fingerprint density at radius 2 is 2.11 bits per heavy atom. The molecule has 0 aromatic carbocycles. The summed E-state index contributed by atoms with van der Waals surface area (Å²) < 4.78 is 11.5. The molecule has 2 rings (SSSR count). The van der Waals surface area contributed by atoms with E-state index in [1.807, 2.05) is 0 Å². The predicted octanol–water partition coefficient (Wildman–Crippen LogP) is 1.26. The minimum Gasteiger partial charge on any atom is -0.378 e. The number of hydrogen-bond donors (Lipinski definition) is 1. The van der Waals surface area contributed by atoms with E-state index in [0.29, 0.717) is 6.04 Å². The first kappa shape index (κ1) is 14.3. The van der Waals surface area contributed by atoms with E-state index in [2.05, 4.69) is 24.1 Å².